The van der Waals surface area contributed by atoms with E-state index < -0.39 is 6.04 Å². The summed E-state index contributed by atoms with van der Waals surface area (Å²) in [5.74, 6) is 1.11. The van der Waals surface area contributed by atoms with Gasteiger partial charge in [-0.2, -0.15) is 0 Å². The highest BCUT2D eigenvalue weighted by atomic mass is 79.9. The summed E-state index contributed by atoms with van der Waals surface area (Å²) in [6.07, 6.45) is 1.83. The number of carbonyl (C=O) groups is 1. The molecule has 0 fully saturated rings. The summed E-state index contributed by atoms with van der Waals surface area (Å²) in [4.78, 5) is 34.9. The van der Waals surface area contributed by atoms with Gasteiger partial charge in [0.05, 0.1) is 27.4 Å². The average Bonchev–Trinajstić information content (AvgIpc) is 3.31. The first-order chi connectivity index (χ1) is 20.8. The molecule has 0 saturated heterocycles. The van der Waals surface area contributed by atoms with E-state index in [0.717, 1.165) is 21.2 Å². The Morgan fingerprint density at radius 2 is 1.81 bits per heavy atom. The third-order valence-corrected chi connectivity index (χ3v) is 9.30. The molecule has 0 radical (unpaired) electrons. The number of amides is 1. The molecule has 1 aromatic heterocycles. The molecule has 222 valence electrons. The molecule has 43 heavy (non-hydrogen) atoms. The summed E-state index contributed by atoms with van der Waals surface area (Å²) in [6.45, 7) is 7.12. The van der Waals surface area contributed by atoms with Gasteiger partial charge in [0.25, 0.3) is 11.5 Å². The van der Waals surface area contributed by atoms with Crippen molar-refractivity contribution >= 4 is 50.9 Å². The van der Waals surface area contributed by atoms with Gasteiger partial charge in [0, 0.05) is 29.2 Å². The van der Waals surface area contributed by atoms with Gasteiger partial charge in [-0.1, -0.05) is 65.4 Å². The lowest BCUT2D eigenvalue weighted by Gasteiger charge is -2.29. The van der Waals surface area contributed by atoms with Gasteiger partial charge in [0.2, 0.25) is 0 Å². The molecule has 1 atom stereocenters. The Labute approximate surface area is 267 Å². The van der Waals surface area contributed by atoms with Gasteiger partial charge in [-0.05, 0) is 72.6 Å². The number of ether oxygens (including phenoxy) is 2. The first-order valence-electron chi connectivity index (χ1n) is 13.9. The maximum Gasteiger partial charge on any atom is 0.271 e. The molecule has 1 aliphatic rings. The zero-order chi connectivity index (χ0) is 30.7. The van der Waals surface area contributed by atoms with Crippen LogP contribution < -0.4 is 24.4 Å². The lowest BCUT2D eigenvalue weighted by molar-refractivity contribution is -0.127. The highest BCUT2D eigenvalue weighted by Crippen LogP contribution is 2.36. The Balaban J connectivity index is 1.57. The minimum atomic E-state index is -0.685. The molecule has 7 nitrogen and oxygen atoms in total. The summed E-state index contributed by atoms with van der Waals surface area (Å²) in [6, 6.07) is 20.0. The summed E-state index contributed by atoms with van der Waals surface area (Å²) >= 11 is 11.2. The van der Waals surface area contributed by atoms with Gasteiger partial charge in [-0.15, -0.1) is 0 Å². The fourth-order valence-corrected chi connectivity index (χ4v) is 6.86. The summed E-state index contributed by atoms with van der Waals surface area (Å²) in [5, 5.41) is 0.647. The van der Waals surface area contributed by atoms with E-state index in [-0.39, 0.29) is 11.5 Å². The van der Waals surface area contributed by atoms with Crippen LogP contribution in [0.15, 0.2) is 92.3 Å². The topological polar surface area (TPSA) is 73.1 Å². The number of rotatable bonds is 9. The largest absolute Gasteiger partial charge is 0.496 e. The first kappa shape index (κ1) is 30.8. The van der Waals surface area contributed by atoms with E-state index in [1.54, 1.807) is 16.6 Å². The fourth-order valence-electron chi connectivity index (χ4n) is 5.11. The Morgan fingerprint density at radius 3 is 2.51 bits per heavy atom. The minimum Gasteiger partial charge on any atom is -0.496 e. The van der Waals surface area contributed by atoms with Crippen LogP contribution in [-0.2, 0) is 11.4 Å². The summed E-state index contributed by atoms with van der Waals surface area (Å²) < 4.78 is 14.5. The van der Waals surface area contributed by atoms with Crippen LogP contribution in [0.1, 0.15) is 43.5 Å². The van der Waals surface area contributed by atoms with Crippen molar-refractivity contribution < 1.29 is 14.3 Å². The predicted molar refractivity (Wildman–Crippen MR) is 175 cm³/mol. The Bertz CT molecular complexity index is 1890. The molecule has 5 rings (SSSR count). The molecule has 10 heteroatoms. The number of fused-ring (bicyclic) bond motifs is 1. The van der Waals surface area contributed by atoms with Gasteiger partial charge in [0.15, 0.2) is 4.80 Å². The predicted octanol–water partition coefficient (Wildman–Crippen LogP) is 6.11. The Hall–Kier alpha value is -3.66. The molecule has 0 unspecified atom stereocenters. The molecule has 0 spiro atoms. The van der Waals surface area contributed by atoms with Crippen molar-refractivity contribution in [3.8, 4) is 11.5 Å². The van der Waals surface area contributed by atoms with E-state index in [1.807, 2.05) is 93.6 Å². The maximum atomic E-state index is 14.1. The molecule has 0 bridgehead atoms. The second kappa shape index (κ2) is 13.3. The maximum absolute atomic E-state index is 14.1. The van der Waals surface area contributed by atoms with Crippen molar-refractivity contribution in [3.05, 3.63) is 124 Å². The van der Waals surface area contributed by atoms with Crippen LogP contribution in [0.25, 0.3) is 6.08 Å². The van der Waals surface area contributed by atoms with Crippen LogP contribution >= 0.6 is 38.9 Å². The zero-order valence-electron chi connectivity index (χ0n) is 24.3. The smallest absolute Gasteiger partial charge is 0.271 e. The third kappa shape index (κ3) is 6.20. The highest BCUT2D eigenvalue weighted by Gasteiger charge is 2.35. The fraction of sp³-hybridized carbons (Fsp3) is 0.242. The molecule has 0 N–H and O–H groups in total. The van der Waals surface area contributed by atoms with Gasteiger partial charge in [-0.3, -0.25) is 14.2 Å². The average molecular weight is 681 g/mol. The molecule has 1 aliphatic heterocycles. The molecule has 2 heterocycles. The van der Waals surface area contributed by atoms with Crippen molar-refractivity contribution in [1.82, 2.24) is 9.47 Å². The number of allylic oxidation sites excluding steroid dienone is 1. The van der Waals surface area contributed by atoms with Crippen molar-refractivity contribution in [2.24, 2.45) is 4.99 Å². The number of likely N-dealkylation sites (N-methyl/N-ethyl adjacent to an activating group) is 1. The number of thiazole rings is 1. The highest BCUT2D eigenvalue weighted by molar-refractivity contribution is 9.10. The molecule has 0 aliphatic carbocycles. The summed E-state index contributed by atoms with van der Waals surface area (Å²) in [7, 11) is 1.59. The van der Waals surface area contributed by atoms with E-state index in [1.165, 1.54) is 11.3 Å². The summed E-state index contributed by atoms with van der Waals surface area (Å²) in [5.41, 5.74) is 3.25. The quantitative estimate of drug-likeness (QED) is 0.214. The lowest BCUT2D eigenvalue weighted by Crippen LogP contribution is -2.43. The van der Waals surface area contributed by atoms with E-state index in [0.29, 0.717) is 56.8 Å². The first-order valence-corrected chi connectivity index (χ1v) is 15.9. The van der Waals surface area contributed by atoms with Gasteiger partial charge < -0.3 is 14.4 Å². The number of benzene rings is 3. The van der Waals surface area contributed by atoms with Crippen molar-refractivity contribution in [3.63, 3.8) is 0 Å². The molecule has 4 aromatic rings. The normalized spacial score (nSPS) is 14.7. The van der Waals surface area contributed by atoms with Crippen LogP contribution in [0.3, 0.4) is 0 Å². The molecule has 0 saturated carbocycles. The third-order valence-electron chi connectivity index (χ3n) is 7.33. The number of methoxy groups -OCH3 is 1. The number of halogens is 2. The zero-order valence-corrected chi connectivity index (χ0v) is 27.4. The number of para-hydroxylation sites is 1. The molecular weight excluding hydrogens is 650 g/mol. The Kier molecular flexibility index (Phi) is 9.54. The number of nitrogens with zero attached hydrogens (tertiary/aromatic N) is 3. The number of hydrogen-bond acceptors (Lipinski definition) is 6. The van der Waals surface area contributed by atoms with E-state index >= 15 is 0 Å². The van der Waals surface area contributed by atoms with Gasteiger partial charge in [0.1, 0.15) is 24.1 Å². The van der Waals surface area contributed by atoms with Crippen LogP contribution in [0.5, 0.6) is 11.5 Å². The van der Waals surface area contributed by atoms with Crippen molar-refractivity contribution in [2.45, 2.75) is 33.4 Å². The van der Waals surface area contributed by atoms with Crippen molar-refractivity contribution in [2.75, 3.05) is 20.2 Å². The van der Waals surface area contributed by atoms with Crippen LogP contribution in [0.4, 0.5) is 0 Å². The van der Waals surface area contributed by atoms with Crippen LogP contribution in [-0.4, -0.2) is 35.6 Å². The SMILES string of the molecule is CCN(CC)C(=O)C1=C(C)N=c2s/c(=C/c3ccc(OCc4ccccc4Cl)c(Br)c3)c(=O)n2[C@@H]1c1ccccc1OC. The lowest BCUT2D eigenvalue weighted by atomic mass is 9.94. The number of hydrogen-bond donors (Lipinski definition) is 0. The minimum absolute atomic E-state index is 0.146. The monoisotopic (exact) mass is 679 g/mol. The molecule has 1 amide bonds. The number of aromatic nitrogens is 1. The van der Waals surface area contributed by atoms with Crippen molar-refractivity contribution in [1.29, 1.82) is 0 Å². The standard InChI is InChI=1S/C33H31BrClN3O4S/c1-5-37(6-2)32(40)29-20(3)36-33-38(30(29)23-12-8-10-14-26(23)41-4)31(39)28(43-33)18-21-15-16-27(24(34)17-21)42-19-22-11-7-9-13-25(22)35/h7-18,30H,5-6,19H2,1-4H3/b28-18+/t30-/m1/s1. The Morgan fingerprint density at radius 1 is 1.09 bits per heavy atom. The van der Waals surface area contributed by atoms with E-state index in [9.17, 15) is 9.59 Å². The molecule has 3 aromatic carbocycles. The van der Waals surface area contributed by atoms with Crippen LogP contribution in [0.2, 0.25) is 5.02 Å². The second-order valence-electron chi connectivity index (χ2n) is 9.87. The van der Waals surface area contributed by atoms with Gasteiger partial charge >= 0.3 is 0 Å². The van der Waals surface area contributed by atoms with Crippen LogP contribution in [0, 0.1) is 0 Å². The van der Waals surface area contributed by atoms with E-state index in [4.69, 9.17) is 26.1 Å². The molecular formula is C33H31BrClN3O4S. The second-order valence-corrected chi connectivity index (χ2v) is 12.1. The van der Waals surface area contributed by atoms with E-state index in [2.05, 4.69) is 15.9 Å². The number of carbonyl (C=O) groups excluding carboxylic acids is 1. The van der Waals surface area contributed by atoms with Gasteiger partial charge in [-0.25, -0.2) is 4.99 Å².